The number of para-hydroxylation sites is 1. The molecule has 0 radical (unpaired) electrons. The van der Waals surface area contributed by atoms with E-state index in [1.165, 1.54) is 11.0 Å². The van der Waals surface area contributed by atoms with Gasteiger partial charge in [-0.25, -0.2) is 9.18 Å². The molecule has 1 aromatic carbocycles. The van der Waals surface area contributed by atoms with Gasteiger partial charge >= 0.3 is 6.09 Å². The minimum Gasteiger partial charge on any atom is -0.450 e. The van der Waals surface area contributed by atoms with Crippen LogP contribution in [0.2, 0.25) is 0 Å². The van der Waals surface area contributed by atoms with Gasteiger partial charge in [0.15, 0.2) is 0 Å². The van der Waals surface area contributed by atoms with E-state index in [-0.39, 0.29) is 42.6 Å². The number of amides is 3. The maximum absolute atomic E-state index is 13.9. The van der Waals surface area contributed by atoms with E-state index in [4.69, 9.17) is 4.74 Å². The standard InChI is InChI=1S/C19H24FN3O4/c1-2-27-19(26)22-9-7-14(8-10-22)21-18(25)13-11-17(24)23(12-13)16-6-4-3-5-15(16)20/h3-6,13-14H,2,7-12H2,1H3,(H,21,25)/t13-/m0/s1. The number of hydrogen-bond acceptors (Lipinski definition) is 4. The van der Waals surface area contributed by atoms with Crippen LogP contribution in [0, 0.1) is 11.7 Å². The van der Waals surface area contributed by atoms with E-state index in [1.54, 1.807) is 30.0 Å². The number of nitrogens with zero attached hydrogens (tertiary/aromatic N) is 2. The lowest BCUT2D eigenvalue weighted by Gasteiger charge is -2.32. The van der Waals surface area contributed by atoms with E-state index in [9.17, 15) is 18.8 Å². The average molecular weight is 377 g/mol. The van der Waals surface area contributed by atoms with Crippen LogP contribution in [0.25, 0.3) is 0 Å². The van der Waals surface area contributed by atoms with Crippen LogP contribution in [0.15, 0.2) is 24.3 Å². The molecular weight excluding hydrogens is 353 g/mol. The van der Waals surface area contributed by atoms with Gasteiger partial charge in [-0.3, -0.25) is 9.59 Å². The fraction of sp³-hybridized carbons (Fsp3) is 0.526. The Morgan fingerprint density at radius 2 is 1.96 bits per heavy atom. The monoisotopic (exact) mass is 377 g/mol. The molecule has 8 heteroatoms. The van der Waals surface area contributed by atoms with Crippen LogP contribution in [-0.2, 0) is 14.3 Å². The molecule has 0 bridgehead atoms. The molecule has 7 nitrogen and oxygen atoms in total. The molecule has 0 aliphatic carbocycles. The maximum Gasteiger partial charge on any atom is 0.409 e. The zero-order chi connectivity index (χ0) is 19.4. The number of ether oxygens (including phenoxy) is 1. The van der Waals surface area contributed by atoms with Crippen molar-refractivity contribution in [2.24, 2.45) is 5.92 Å². The molecule has 1 N–H and O–H groups in total. The Morgan fingerprint density at radius 3 is 2.63 bits per heavy atom. The third-order valence-electron chi connectivity index (χ3n) is 5.01. The van der Waals surface area contributed by atoms with E-state index in [0.29, 0.717) is 32.5 Å². The van der Waals surface area contributed by atoms with E-state index in [0.717, 1.165) is 0 Å². The van der Waals surface area contributed by atoms with Crippen molar-refractivity contribution in [3.8, 4) is 0 Å². The van der Waals surface area contributed by atoms with E-state index in [2.05, 4.69) is 5.32 Å². The Balaban J connectivity index is 1.52. The summed E-state index contributed by atoms with van der Waals surface area (Å²) in [6.07, 6.45) is 1.02. The van der Waals surface area contributed by atoms with Gasteiger partial charge in [0.1, 0.15) is 5.82 Å². The fourth-order valence-electron chi connectivity index (χ4n) is 3.53. The van der Waals surface area contributed by atoms with Crippen molar-refractivity contribution in [3.63, 3.8) is 0 Å². The predicted octanol–water partition coefficient (Wildman–Crippen LogP) is 1.92. The molecule has 1 atom stereocenters. The van der Waals surface area contributed by atoms with Crippen molar-refractivity contribution >= 4 is 23.6 Å². The van der Waals surface area contributed by atoms with Gasteiger partial charge < -0.3 is 19.9 Å². The van der Waals surface area contributed by atoms with Crippen molar-refractivity contribution in [2.45, 2.75) is 32.2 Å². The molecule has 2 heterocycles. The van der Waals surface area contributed by atoms with Crippen LogP contribution in [0.1, 0.15) is 26.2 Å². The Labute approximate surface area is 157 Å². The van der Waals surface area contributed by atoms with Crippen LogP contribution < -0.4 is 10.2 Å². The maximum atomic E-state index is 13.9. The first-order valence-electron chi connectivity index (χ1n) is 9.26. The van der Waals surface area contributed by atoms with Crippen LogP contribution in [0.3, 0.4) is 0 Å². The summed E-state index contributed by atoms with van der Waals surface area (Å²) in [5.74, 6) is -1.42. The summed E-state index contributed by atoms with van der Waals surface area (Å²) in [5.41, 5.74) is 0.209. The summed E-state index contributed by atoms with van der Waals surface area (Å²) in [5, 5.41) is 2.97. The van der Waals surface area contributed by atoms with Crippen molar-refractivity contribution in [1.29, 1.82) is 0 Å². The molecule has 3 amide bonds. The lowest BCUT2D eigenvalue weighted by atomic mass is 10.0. The number of likely N-dealkylation sites (tertiary alicyclic amines) is 1. The Hall–Kier alpha value is -2.64. The van der Waals surface area contributed by atoms with Crippen molar-refractivity contribution < 1.29 is 23.5 Å². The molecule has 2 fully saturated rings. The van der Waals surface area contributed by atoms with Gasteiger partial charge in [-0.1, -0.05) is 12.1 Å². The zero-order valence-corrected chi connectivity index (χ0v) is 15.3. The highest BCUT2D eigenvalue weighted by Crippen LogP contribution is 2.27. The molecule has 0 spiro atoms. The lowest BCUT2D eigenvalue weighted by Crippen LogP contribution is -2.48. The van der Waals surface area contributed by atoms with Gasteiger partial charge in [-0.15, -0.1) is 0 Å². The SMILES string of the molecule is CCOC(=O)N1CCC(NC(=O)[C@H]2CC(=O)N(c3ccccc3F)C2)CC1. The largest absolute Gasteiger partial charge is 0.450 e. The highest BCUT2D eigenvalue weighted by Gasteiger charge is 2.37. The Kier molecular flexibility index (Phi) is 5.93. The van der Waals surface area contributed by atoms with Gasteiger partial charge in [0, 0.05) is 32.1 Å². The highest BCUT2D eigenvalue weighted by atomic mass is 19.1. The van der Waals surface area contributed by atoms with Crippen molar-refractivity contribution in [1.82, 2.24) is 10.2 Å². The van der Waals surface area contributed by atoms with Crippen LogP contribution >= 0.6 is 0 Å². The third-order valence-corrected chi connectivity index (χ3v) is 5.01. The third kappa shape index (κ3) is 4.37. The summed E-state index contributed by atoms with van der Waals surface area (Å²) in [6, 6.07) is 6.02. The van der Waals surface area contributed by atoms with Gasteiger partial charge in [-0.05, 0) is 31.9 Å². The predicted molar refractivity (Wildman–Crippen MR) is 96.6 cm³/mol. The van der Waals surface area contributed by atoms with E-state index in [1.807, 2.05) is 0 Å². The number of hydrogen-bond donors (Lipinski definition) is 1. The summed E-state index contributed by atoms with van der Waals surface area (Å²) >= 11 is 0. The van der Waals surface area contributed by atoms with Crippen molar-refractivity contribution in [3.05, 3.63) is 30.1 Å². The number of nitrogens with one attached hydrogen (secondary N) is 1. The first kappa shape index (κ1) is 19.1. The molecule has 1 aromatic rings. The molecule has 0 aromatic heterocycles. The zero-order valence-electron chi connectivity index (χ0n) is 15.3. The van der Waals surface area contributed by atoms with E-state index >= 15 is 0 Å². The van der Waals surface area contributed by atoms with Gasteiger partial charge in [0.25, 0.3) is 0 Å². The second-order valence-corrected chi connectivity index (χ2v) is 6.83. The first-order valence-corrected chi connectivity index (χ1v) is 9.26. The smallest absolute Gasteiger partial charge is 0.409 e. The quantitative estimate of drug-likeness (QED) is 0.869. The lowest BCUT2D eigenvalue weighted by molar-refractivity contribution is -0.127. The van der Waals surface area contributed by atoms with Crippen LogP contribution in [-0.4, -0.2) is 55.1 Å². The molecule has 2 saturated heterocycles. The summed E-state index contributed by atoms with van der Waals surface area (Å²) in [6.45, 7) is 3.32. The minimum atomic E-state index is -0.500. The number of halogens is 1. The normalized spacial score (nSPS) is 20.7. The highest BCUT2D eigenvalue weighted by molar-refractivity contribution is 6.00. The second kappa shape index (κ2) is 8.37. The molecule has 2 aliphatic heterocycles. The van der Waals surface area contributed by atoms with Crippen molar-refractivity contribution in [2.75, 3.05) is 31.1 Å². The molecule has 146 valence electrons. The number of benzene rings is 1. The summed E-state index contributed by atoms with van der Waals surface area (Å²) in [7, 11) is 0. The van der Waals surface area contributed by atoms with Gasteiger partial charge in [0.2, 0.25) is 11.8 Å². The first-order chi connectivity index (χ1) is 13.0. The topological polar surface area (TPSA) is 79.0 Å². The Morgan fingerprint density at radius 1 is 1.26 bits per heavy atom. The van der Waals surface area contributed by atoms with E-state index < -0.39 is 11.7 Å². The molecule has 2 aliphatic rings. The Bertz CT molecular complexity index is 719. The number of piperidine rings is 1. The summed E-state index contributed by atoms with van der Waals surface area (Å²) in [4.78, 5) is 39.5. The second-order valence-electron chi connectivity index (χ2n) is 6.83. The molecule has 27 heavy (non-hydrogen) atoms. The number of anilines is 1. The average Bonchev–Trinajstić information content (AvgIpc) is 3.04. The minimum absolute atomic E-state index is 0.0409. The fourth-order valence-corrected chi connectivity index (χ4v) is 3.53. The van der Waals surface area contributed by atoms with Gasteiger partial charge in [0.05, 0.1) is 18.2 Å². The molecule has 0 saturated carbocycles. The van der Waals surface area contributed by atoms with Crippen LogP contribution in [0.5, 0.6) is 0 Å². The molecule has 0 unspecified atom stereocenters. The molecular formula is C19H24FN3O4. The summed E-state index contributed by atoms with van der Waals surface area (Å²) < 4.78 is 18.9. The number of carbonyl (C=O) groups is 3. The van der Waals surface area contributed by atoms with Crippen LogP contribution in [0.4, 0.5) is 14.9 Å². The molecule has 3 rings (SSSR count). The number of carbonyl (C=O) groups excluding carboxylic acids is 3. The number of rotatable bonds is 4. The van der Waals surface area contributed by atoms with Gasteiger partial charge in [-0.2, -0.15) is 0 Å².